The maximum atomic E-state index is 10.1. The first-order valence-electron chi connectivity index (χ1n) is 3.60. The van der Waals surface area contributed by atoms with E-state index in [2.05, 4.69) is 5.18 Å². The molecule has 0 atom stereocenters. The van der Waals surface area contributed by atoms with Crippen molar-refractivity contribution in [3.63, 3.8) is 0 Å². The highest BCUT2D eigenvalue weighted by Gasteiger charge is 1.96. The van der Waals surface area contributed by atoms with Crippen molar-refractivity contribution < 1.29 is 0 Å². The summed E-state index contributed by atoms with van der Waals surface area (Å²) < 4.78 is 0. The molecule has 0 unspecified atom stereocenters. The SMILES string of the molecule is CN(N)Cc1cccc(N=O)c1. The lowest BCUT2D eigenvalue weighted by Gasteiger charge is -2.08. The van der Waals surface area contributed by atoms with Gasteiger partial charge in [-0.3, -0.25) is 5.84 Å². The van der Waals surface area contributed by atoms with E-state index < -0.39 is 0 Å². The molecule has 2 N–H and O–H groups in total. The Balaban J connectivity index is 2.79. The third-order valence-corrected chi connectivity index (χ3v) is 1.45. The van der Waals surface area contributed by atoms with Crippen LogP contribution in [-0.4, -0.2) is 12.1 Å². The van der Waals surface area contributed by atoms with Gasteiger partial charge in [0.05, 0.1) is 0 Å². The topological polar surface area (TPSA) is 58.7 Å². The summed E-state index contributed by atoms with van der Waals surface area (Å²) in [6.07, 6.45) is 0. The first-order chi connectivity index (χ1) is 5.72. The summed E-state index contributed by atoms with van der Waals surface area (Å²) >= 11 is 0. The van der Waals surface area contributed by atoms with Crippen molar-refractivity contribution in [2.75, 3.05) is 7.05 Å². The van der Waals surface area contributed by atoms with Crippen molar-refractivity contribution in [1.29, 1.82) is 0 Å². The van der Waals surface area contributed by atoms with E-state index in [0.717, 1.165) is 5.56 Å². The Morgan fingerprint density at radius 2 is 2.33 bits per heavy atom. The van der Waals surface area contributed by atoms with E-state index in [9.17, 15) is 4.91 Å². The van der Waals surface area contributed by atoms with E-state index in [0.29, 0.717) is 12.2 Å². The number of nitrogens with zero attached hydrogens (tertiary/aromatic N) is 2. The van der Waals surface area contributed by atoms with Gasteiger partial charge >= 0.3 is 0 Å². The largest absolute Gasteiger partial charge is 0.269 e. The van der Waals surface area contributed by atoms with E-state index in [1.807, 2.05) is 6.07 Å². The first-order valence-corrected chi connectivity index (χ1v) is 3.60. The standard InChI is InChI=1S/C8H11N3O/c1-11(9)6-7-3-2-4-8(5-7)10-12/h2-5H,6,9H2,1H3. The maximum Gasteiger partial charge on any atom is 0.108 e. The predicted octanol–water partition coefficient (Wildman–Crippen LogP) is 1.39. The summed E-state index contributed by atoms with van der Waals surface area (Å²) in [5, 5.41) is 4.37. The Bertz CT molecular complexity index is 273. The predicted molar refractivity (Wildman–Crippen MR) is 47.6 cm³/mol. The number of benzene rings is 1. The molecule has 0 spiro atoms. The van der Waals surface area contributed by atoms with Gasteiger partial charge < -0.3 is 0 Å². The fourth-order valence-corrected chi connectivity index (χ4v) is 1.000. The molecule has 4 nitrogen and oxygen atoms in total. The smallest absolute Gasteiger partial charge is 0.108 e. The van der Waals surface area contributed by atoms with Crippen LogP contribution in [0.4, 0.5) is 5.69 Å². The van der Waals surface area contributed by atoms with Crippen molar-refractivity contribution in [2.45, 2.75) is 6.54 Å². The minimum absolute atomic E-state index is 0.439. The van der Waals surface area contributed by atoms with E-state index in [4.69, 9.17) is 5.84 Å². The number of rotatable bonds is 3. The Morgan fingerprint density at radius 1 is 1.58 bits per heavy atom. The molecule has 0 aliphatic heterocycles. The minimum Gasteiger partial charge on any atom is -0.269 e. The van der Waals surface area contributed by atoms with Crippen LogP contribution in [0.1, 0.15) is 5.56 Å². The normalized spacial score (nSPS) is 10.2. The Hall–Kier alpha value is -1.26. The molecule has 4 heteroatoms. The molecule has 1 aromatic rings. The molecule has 12 heavy (non-hydrogen) atoms. The molecule has 0 bridgehead atoms. The van der Waals surface area contributed by atoms with Gasteiger partial charge in [0.25, 0.3) is 0 Å². The minimum atomic E-state index is 0.439. The van der Waals surface area contributed by atoms with Crippen LogP contribution < -0.4 is 5.84 Å². The number of nitrogens with two attached hydrogens (primary N) is 1. The van der Waals surface area contributed by atoms with Gasteiger partial charge in [0.1, 0.15) is 5.69 Å². The van der Waals surface area contributed by atoms with Gasteiger partial charge in [-0.2, -0.15) is 0 Å². The van der Waals surface area contributed by atoms with Gasteiger partial charge in [-0.25, -0.2) is 5.01 Å². The van der Waals surface area contributed by atoms with Crippen LogP contribution in [0, 0.1) is 4.91 Å². The summed E-state index contributed by atoms with van der Waals surface area (Å²) in [7, 11) is 1.76. The van der Waals surface area contributed by atoms with Crippen molar-refractivity contribution >= 4 is 5.69 Å². The highest BCUT2D eigenvalue weighted by Crippen LogP contribution is 2.13. The van der Waals surface area contributed by atoms with Crippen LogP contribution in [-0.2, 0) is 6.54 Å². The van der Waals surface area contributed by atoms with Crippen LogP contribution in [0.25, 0.3) is 0 Å². The molecule has 64 valence electrons. The fraction of sp³-hybridized carbons (Fsp3) is 0.250. The second kappa shape index (κ2) is 3.94. The molecular formula is C8H11N3O. The molecule has 0 aliphatic carbocycles. The fourth-order valence-electron chi connectivity index (χ4n) is 1.000. The summed E-state index contributed by atoms with van der Waals surface area (Å²) in [5.41, 5.74) is 1.42. The van der Waals surface area contributed by atoms with Crippen molar-refractivity contribution in [3.8, 4) is 0 Å². The van der Waals surface area contributed by atoms with E-state index >= 15 is 0 Å². The third-order valence-electron chi connectivity index (χ3n) is 1.45. The zero-order valence-electron chi connectivity index (χ0n) is 6.90. The van der Waals surface area contributed by atoms with Gasteiger partial charge in [0.15, 0.2) is 0 Å². The van der Waals surface area contributed by atoms with Gasteiger partial charge in [0.2, 0.25) is 0 Å². The molecule has 0 heterocycles. The maximum absolute atomic E-state index is 10.1. The summed E-state index contributed by atoms with van der Waals surface area (Å²) in [6.45, 7) is 0.614. The lowest BCUT2D eigenvalue weighted by atomic mass is 10.2. The van der Waals surface area contributed by atoms with Gasteiger partial charge in [-0.05, 0) is 22.9 Å². The van der Waals surface area contributed by atoms with Crippen LogP contribution in [0.15, 0.2) is 29.4 Å². The lowest BCUT2D eigenvalue weighted by Crippen LogP contribution is -2.24. The zero-order valence-corrected chi connectivity index (χ0v) is 6.90. The number of hydrogen-bond acceptors (Lipinski definition) is 4. The van der Waals surface area contributed by atoms with Crippen molar-refractivity contribution in [3.05, 3.63) is 34.7 Å². The molecule has 0 saturated heterocycles. The molecular weight excluding hydrogens is 154 g/mol. The molecule has 0 amide bonds. The molecule has 0 saturated carbocycles. The summed E-state index contributed by atoms with van der Waals surface area (Å²) in [4.78, 5) is 10.1. The second-order valence-electron chi connectivity index (χ2n) is 2.68. The Labute approximate surface area is 70.9 Å². The first kappa shape index (κ1) is 8.83. The number of hydrazine groups is 1. The van der Waals surface area contributed by atoms with E-state index in [1.165, 1.54) is 0 Å². The molecule has 0 aromatic heterocycles. The summed E-state index contributed by atoms with van der Waals surface area (Å²) in [5.74, 6) is 5.44. The lowest BCUT2D eigenvalue weighted by molar-refractivity contribution is 0.342. The van der Waals surface area contributed by atoms with Gasteiger partial charge in [-0.1, -0.05) is 12.1 Å². The number of nitroso groups, excluding NO2 is 1. The summed E-state index contributed by atoms with van der Waals surface area (Å²) in [6, 6.07) is 7.07. The number of hydrogen-bond donors (Lipinski definition) is 1. The molecule has 0 radical (unpaired) electrons. The van der Waals surface area contributed by atoms with Crippen molar-refractivity contribution in [1.82, 2.24) is 5.01 Å². The van der Waals surface area contributed by atoms with Crippen LogP contribution in [0.3, 0.4) is 0 Å². The van der Waals surface area contributed by atoms with Crippen molar-refractivity contribution in [2.24, 2.45) is 11.0 Å². The molecule has 1 aromatic carbocycles. The van der Waals surface area contributed by atoms with Crippen LogP contribution in [0.5, 0.6) is 0 Å². The Kier molecular flexibility index (Phi) is 2.90. The van der Waals surface area contributed by atoms with E-state index in [1.54, 1.807) is 30.3 Å². The van der Waals surface area contributed by atoms with E-state index in [-0.39, 0.29) is 0 Å². The average Bonchev–Trinajstić information content (AvgIpc) is 2.03. The molecule has 0 aliphatic rings. The molecule has 1 rings (SSSR count). The van der Waals surface area contributed by atoms with Crippen LogP contribution >= 0.6 is 0 Å². The second-order valence-corrected chi connectivity index (χ2v) is 2.68. The average molecular weight is 165 g/mol. The Morgan fingerprint density at radius 3 is 2.92 bits per heavy atom. The highest BCUT2D eigenvalue weighted by atomic mass is 16.3. The monoisotopic (exact) mass is 165 g/mol. The van der Waals surface area contributed by atoms with Gasteiger partial charge in [0, 0.05) is 13.6 Å². The van der Waals surface area contributed by atoms with Gasteiger partial charge in [-0.15, -0.1) is 4.91 Å². The van der Waals surface area contributed by atoms with Crippen LogP contribution in [0.2, 0.25) is 0 Å². The highest BCUT2D eigenvalue weighted by molar-refractivity contribution is 5.39. The molecule has 0 fully saturated rings. The zero-order chi connectivity index (χ0) is 8.97. The quantitative estimate of drug-likeness (QED) is 0.418. The third kappa shape index (κ3) is 2.41.